The van der Waals surface area contributed by atoms with Crippen LogP contribution in [0.3, 0.4) is 0 Å². The summed E-state index contributed by atoms with van der Waals surface area (Å²) in [5.74, 6) is 0.0148. The molecule has 0 aliphatic rings. The van der Waals surface area contributed by atoms with Gasteiger partial charge in [0.2, 0.25) is 5.91 Å². The van der Waals surface area contributed by atoms with Crippen molar-refractivity contribution in [2.75, 3.05) is 13.1 Å². The molecule has 0 fully saturated rings. The van der Waals surface area contributed by atoms with E-state index in [4.69, 9.17) is 5.73 Å². The second-order valence-electron chi connectivity index (χ2n) is 2.66. The molecule has 1 rings (SSSR count). The zero-order valence-corrected chi connectivity index (χ0v) is 7.44. The summed E-state index contributed by atoms with van der Waals surface area (Å²) in [6.07, 6.45) is 3.97. The molecule has 5 heteroatoms. The zero-order valence-electron chi connectivity index (χ0n) is 7.44. The fraction of sp³-hybridized carbons (Fsp3) is 0.500. The van der Waals surface area contributed by atoms with Gasteiger partial charge in [-0.2, -0.15) is 5.10 Å². The smallest absolute Gasteiger partial charge is 0.221 e. The third kappa shape index (κ3) is 3.71. The molecular weight excluding hydrogens is 168 g/mol. The minimum Gasteiger partial charge on any atom is -0.355 e. The molecule has 13 heavy (non-hydrogen) atoms. The van der Waals surface area contributed by atoms with Gasteiger partial charge in [0, 0.05) is 38.4 Å². The lowest BCUT2D eigenvalue weighted by Gasteiger charge is -2.02. The van der Waals surface area contributed by atoms with E-state index in [0.29, 0.717) is 26.1 Å². The number of aryl methyl sites for hydroxylation is 1. The van der Waals surface area contributed by atoms with Gasteiger partial charge in [0.25, 0.3) is 0 Å². The van der Waals surface area contributed by atoms with E-state index in [0.717, 1.165) is 0 Å². The number of hydrogen-bond acceptors (Lipinski definition) is 3. The third-order valence-corrected chi connectivity index (χ3v) is 1.59. The van der Waals surface area contributed by atoms with Gasteiger partial charge < -0.3 is 11.1 Å². The summed E-state index contributed by atoms with van der Waals surface area (Å²) in [5, 5.41) is 6.67. The van der Waals surface area contributed by atoms with Gasteiger partial charge in [-0.1, -0.05) is 0 Å². The van der Waals surface area contributed by atoms with Crippen molar-refractivity contribution >= 4 is 5.91 Å². The van der Waals surface area contributed by atoms with Gasteiger partial charge in [0.05, 0.1) is 0 Å². The Morgan fingerprint density at radius 1 is 1.62 bits per heavy atom. The van der Waals surface area contributed by atoms with Gasteiger partial charge in [-0.15, -0.1) is 0 Å². The lowest BCUT2D eigenvalue weighted by atomic mass is 10.4. The molecule has 1 aromatic rings. The molecule has 1 aromatic heterocycles. The monoisotopic (exact) mass is 182 g/mol. The number of carbonyl (C=O) groups excluding carboxylic acids is 1. The van der Waals surface area contributed by atoms with Crippen LogP contribution >= 0.6 is 0 Å². The molecule has 5 nitrogen and oxygen atoms in total. The van der Waals surface area contributed by atoms with Crippen LogP contribution in [-0.2, 0) is 11.3 Å². The van der Waals surface area contributed by atoms with Crippen LogP contribution in [0, 0.1) is 0 Å². The van der Waals surface area contributed by atoms with Crippen LogP contribution < -0.4 is 11.1 Å². The quantitative estimate of drug-likeness (QED) is 0.635. The SMILES string of the molecule is NCCNC(=O)CCn1cccn1. The molecule has 0 aromatic carbocycles. The number of nitrogens with two attached hydrogens (primary N) is 1. The number of rotatable bonds is 5. The first-order valence-electron chi connectivity index (χ1n) is 4.27. The lowest BCUT2D eigenvalue weighted by molar-refractivity contribution is -0.121. The molecule has 0 saturated carbocycles. The Morgan fingerprint density at radius 3 is 3.08 bits per heavy atom. The highest BCUT2D eigenvalue weighted by Gasteiger charge is 1.99. The molecule has 3 N–H and O–H groups in total. The highest BCUT2D eigenvalue weighted by atomic mass is 16.1. The van der Waals surface area contributed by atoms with Crippen molar-refractivity contribution in [2.45, 2.75) is 13.0 Å². The van der Waals surface area contributed by atoms with Crippen LogP contribution in [0.4, 0.5) is 0 Å². The van der Waals surface area contributed by atoms with Gasteiger partial charge in [0.1, 0.15) is 0 Å². The van der Waals surface area contributed by atoms with E-state index in [1.165, 1.54) is 0 Å². The number of nitrogens with zero attached hydrogens (tertiary/aromatic N) is 2. The van der Waals surface area contributed by atoms with Crippen molar-refractivity contribution in [1.82, 2.24) is 15.1 Å². The molecule has 72 valence electrons. The molecule has 0 atom stereocenters. The van der Waals surface area contributed by atoms with E-state index in [1.54, 1.807) is 10.9 Å². The van der Waals surface area contributed by atoms with E-state index in [2.05, 4.69) is 10.4 Å². The van der Waals surface area contributed by atoms with Crippen molar-refractivity contribution in [1.29, 1.82) is 0 Å². The van der Waals surface area contributed by atoms with Crippen LogP contribution in [0.5, 0.6) is 0 Å². The molecule has 0 saturated heterocycles. The zero-order chi connectivity index (χ0) is 9.52. The number of hydrogen-bond donors (Lipinski definition) is 2. The lowest BCUT2D eigenvalue weighted by Crippen LogP contribution is -2.29. The Balaban J connectivity index is 2.15. The standard InChI is InChI=1S/C8H14N4O/c9-3-5-10-8(13)2-7-12-6-1-4-11-12/h1,4,6H,2-3,5,7,9H2,(H,10,13). The Morgan fingerprint density at radius 2 is 2.46 bits per heavy atom. The normalized spacial score (nSPS) is 9.92. The predicted octanol–water partition coefficient (Wildman–Crippen LogP) is -0.652. The maximum absolute atomic E-state index is 11.1. The summed E-state index contributed by atoms with van der Waals surface area (Å²) in [5.41, 5.74) is 5.24. The Hall–Kier alpha value is -1.36. The van der Waals surface area contributed by atoms with Gasteiger partial charge >= 0.3 is 0 Å². The van der Waals surface area contributed by atoms with Crippen molar-refractivity contribution in [3.8, 4) is 0 Å². The molecule has 0 unspecified atom stereocenters. The first-order chi connectivity index (χ1) is 6.33. The fourth-order valence-corrected chi connectivity index (χ4v) is 0.949. The number of amides is 1. The first kappa shape index (κ1) is 9.73. The van der Waals surface area contributed by atoms with Gasteiger partial charge in [0.15, 0.2) is 0 Å². The van der Waals surface area contributed by atoms with Crippen molar-refractivity contribution in [2.24, 2.45) is 5.73 Å². The van der Waals surface area contributed by atoms with E-state index >= 15 is 0 Å². The maximum atomic E-state index is 11.1. The van der Waals surface area contributed by atoms with Crippen molar-refractivity contribution in [3.63, 3.8) is 0 Å². The van der Waals surface area contributed by atoms with E-state index in [9.17, 15) is 4.79 Å². The average molecular weight is 182 g/mol. The summed E-state index contributed by atoms with van der Waals surface area (Å²) < 4.78 is 1.72. The number of aromatic nitrogens is 2. The van der Waals surface area contributed by atoms with Gasteiger partial charge in [-0.25, -0.2) is 0 Å². The van der Waals surface area contributed by atoms with Gasteiger partial charge in [-0.3, -0.25) is 9.48 Å². The average Bonchev–Trinajstić information content (AvgIpc) is 2.64. The summed E-state index contributed by atoms with van der Waals surface area (Å²) in [7, 11) is 0. The van der Waals surface area contributed by atoms with Crippen molar-refractivity contribution in [3.05, 3.63) is 18.5 Å². The fourth-order valence-electron chi connectivity index (χ4n) is 0.949. The maximum Gasteiger partial charge on any atom is 0.221 e. The molecule has 0 spiro atoms. The molecular formula is C8H14N4O. The topological polar surface area (TPSA) is 72.9 Å². The van der Waals surface area contributed by atoms with Crippen LogP contribution in [0.15, 0.2) is 18.5 Å². The Bertz CT molecular complexity index is 245. The third-order valence-electron chi connectivity index (χ3n) is 1.59. The number of carbonyl (C=O) groups is 1. The molecule has 1 amide bonds. The summed E-state index contributed by atoms with van der Waals surface area (Å²) in [6.45, 7) is 1.63. The van der Waals surface area contributed by atoms with E-state index in [1.807, 2.05) is 12.3 Å². The summed E-state index contributed by atoms with van der Waals surface area (Å²) in [4.78, 5) is 11.1. The molecule has 0 aliphatic heterocycles. The predicted molar refractivity (Wildman–Crippen MR) is 48.9 cm³/mol. The molecule has 1 heterocycles. The first-order valence-corrected chi connectivity index (χ1v) is 4.27. The Labute approximate surface area is 76.9 Å². The second kappa shape index (κ2) is 5.31. The van der Waals surface area contributed by atoms with Crippen LogP contribution in [0.25, 0.3) is 0 Å². The minimum absolute atomic E-state index is 0.0148. The Kier molecular flexibility index (Phi) is 3.98. The highest BCUT2D eigenvalue weighted by Crippen LogP contribution is 1.88. The summed E-state index contributed by atoms with van der Waals surface area (Å²) >= 11 is 0. The number of nitrogens with one attached hydrogen (secondary N) is 1. The van der Waals surface area contributed by atoms with E-state index in [-0.39, 0.29) is 5.91 Å². The summed E-state index contributed by atoms with van der Waals surface area (Å²) in [6, 6.07) is 1.83. The van der Waals surface area contributed by atoms with Crippen LogP contribution in [-0.4, -0.2) is 28.8 Å². The minimum atomic E-state index is 0.0148. The van der Waals surface area contributed by atoms with E-state index < -0.39 is 0 Å². The largest absolute Gasteiger partial charge is 0.355 e. The highest BCUT2D eigenvalue weighted by molar-refractivity contribution is 5.75. The van der Waals surface area contributed by atoms with Crippen LogP contribution in [0.2, 0.25) is 0 Å². The molecule has 0 bridgehead atoms. The molecule has 0 aliphatic carbocycles. The molecule has 0 radical (unpaired) electrons. The van der Waals surface area contributed by atoms with Crippen molar-refractivity contribution < 1.29 is 4.79 Å². The van der Waals surface area contributed by atoms with Gasteiger partial charge in [-0.05, 0) is 6.07 Å². The second-order valence-corrected chi connectivity index (χ2v) is 2.66. The van der Waals surface area contributed by atoms with Crippen LogP contribution in [0.1, 0.15) is 6.42 Å².